The van der Waals surface area contributed by atoms with Crippen LogP contribution in [0.4, 0.5) is 0 Å². The van der Waals surface area contributed by atoms with Gasteiger partial charge in [0.1, 0.15) is 12.4 Å². The van der Waals surface area contributed by atoms with Crippen molar-refractivity contribution >= 4 is 0 Å². The van der Waals surface area contributed by atoms with Crippen LogP contribution in [0.5, 0.6) is 0 Å². The van der Waals surface area contributed by atoms with Crippen molar-refractivity contribution in [3.63, 3.8) is 0 Å². The zero-order valence-electron chi connectivity index (χ0n) is 13.1. The molecule has 1 aliphatic heterocycles. The number of rotatable bonds is 2. The van der Waals surface area contributed by atoms with Crippen LogP contribution in [0.1, 0.15) is 5.56 Å². The summed E-state index contributed by atoms with van der Waals surface area (Å²) in [7, 11) is 0. The zero-order valence-corrected chi connectivity index (χ0v) is 13.1. The van der Waals surface area contributed by atoms with Crippen LogP contribution in [0, 0.1) is 0 Å². The first-order chi connectivity index (χ1) is 11.9. The number of hydrogen-bond donors (Lipinski definition) is 0. The summed E-state index contributed by atoms with van der Waals surface area (Å²) in [5, 5.41) is 0. The Balaban J connectivity index is 1.81. The summed E-state index contributed by atoms with van der Waals surface area (Å²) in [6, 6.07) is 25.3. The number of benzene rings is 2. The second-order valence-electron chi connectivity index (χ2n) is 6.01. The van der Waals surface area contributed by atoms with E-state index >= 15 is 0 Å². The lowest BCUT2D eigenvalue weighted by molar-refractivity contribution is -0.677. The maximum atomic E-state index is 4.58. The SMILES string of the molecule is c1ccc(-c2c[n+]3n(c2-c2ccccc2)Cc2cccnc2-3)cc1. The maximum Gasteiger partial charge on any atom is 0.351 e. The molecule has 0 unspecified atom stereocenters. The van der Waals surface area contributed by atoms with E-state index in [-0.39, 0.29) is 0 Å². The molecule has 0 radical (unpaired) electrons. The molecule has 3 heteroatoms. The highest BCUT2D eigenvalue weighted by Crippen LogP contribution is 2.34. The van der Waals surface area contributed by atoms with Crippen LogP contribution in [-0.4, -0.2) is 9.67 Å². The molecule has 0 amide bonds. The third kappa shape index (κ3) is 1.91. The summed E-state index contributed by atoms with van der Waals surface area (Å²) in [5.74, 6) is 1.02. The quantitative estimate of drug-likeness (QED) is 0.454. The van der Waals surface area contributed by atoms with Crippen molar-refractivity contribution < 1.29 is 4.68 Å². The minimum Gasteiger partial charge on any atom is -0.205 e. The van der Waals surface area contributed by atoms with Crippen LogP contribution in [0.15, 0.2) is 85.2 Å². The van der Waals surface area contributed by atoms with Crippen LogP contribution >= 0.6 is 0 Å². The lowest BCUT2D eigenvalue weighted by Crippen LogP contribution is -2.36. The fraction of sp³-hybridized carbons (Fsp3) is 0.0476. The van der Waals surface area contributed by atoms with Crippen molar-refractivity contribution in [1.82, 2.24) is 9.67 Å². The van der Waals surface area contributed by atoms with Gasteiger partial charge in [0.2, 0.25) is 0 Å². The molecule has 0 saturated heterocycles. The summed E-state index contributed by atoms with van der Waals surface area (Å²) < 4.78 is 4.50. The van der Waals surface area contributed by atoms with Gasteiger partial charge in [-0.2, -0.15) is 0 Å². The number of hydrogen-bond acceptors (Lipinski definition) is 1. The minimum absolute atomic E-state index is 0.847. The molecule has 5 rings (SSSR count). The van der Waals surface area contributed by atoms with Gasteiger partial charge in [-0.1, -0.05) is 60.7 Å². The first-order valence-electron chi connectivity index (χ1n) is 8.12. The van der Waals surface area contributed by atoms with Crippen molar-refractivity contribution in [2.75, 3.05) is 0 Å². The molecule has 114 valence electrons. The van der Waals surface area contributed by atoms with Gasteiger partial charge in [0, 0.05) is 5.56 Å². The Morgan fingerprint density at radius 1 is 0.792 bits per heavy atom. The molecular formula is C21H16N3+. The molecule has 1 aliphatic rings. The van der Waals surface area contributed by atoms with Gasteiger partial charge < -0.3 is 0 Å². The Labute approximate surface area is 140 Å². The van der Waals surface area contributed by atoms with E-state index in [2.05, 4.69) is 87.3 Å². The Morgan fingerprint density at radius 3 is 2.25 bits per heavy atom. The molecule has 0 bridgehead atoms. The molecule has 0 N–H and O–H groups in total. The van der Waals surface area contributed by atoms with Crippen molar-refractivity contribution in [1.29, 1.82) is 0 Å². The number of pyridine rings is 1. The van der Waals surface area contributed by atoms with Crippen molar-refractivity contribution in [3.8, 4) is 28.2 Å². The Hall–Kier alpha value is -3.20. The summed E-state index contributed by atoms with van der Waals surface area (Å²) in [5.41, 5.74) is 6.18. The maximum absolute atomic E-state index is 4.58. The number of fused-ring (bicyclic) bond motifs is 3. The highest BCUT2D eigenvalue weighted by atomic mass is 15.4. The molecule has 0 aliphatic carbocycles. The van der Waals surface area contributed by atoms with Gasteiger partial charge in [0.25, 0.3) is 0 Å². The third-order valence-corrected chi connectivity index (χ3v) is 4.56. The molecule has 0 saturated carbocycles. The van der Waals surface area contributed by atoms with E-state index in [0.29, 0.717) is 0 Å². The molecule has 3 heterocycles. The van der Waals surface area contributed by atoms with Crippen molar-refractivity contribution in [3.05, 3.63) is 90.8 Å². The van der Waals surface area contributed by atoms with E-state index in [9.17, 15) is 0 Å². The summed E-state index contributed by atoms with van der Waals surface area (Å²) in [6.07, 6.45) is 4.06. The first kappa shape index (κ1) is 13.3. The van der Waals surface area contributed by atoms with E-state index in [1.807, 2.05) is 12.3 Å². The van der Waals surface area contributed by atoms with Gasteiger partial charge >= 0.3 is 5.82 Å². The third-order valence-electron chi connectivity index (χ3n) is 4.56. The highest BCUT2D eigenvalue weighted by Gasteiger charge is 2.31. The second kappa shape index (κ2) is 5.17. The molecule has 24 heavy (non-hydrogen) atoms. The Bertz CT molecular complexity index is 1020. The standard InChI is InChI=1S/C21H16N3/c1-3-8-16(9-4-1)19-15-24-21-18(12-7-13-22-21)14-23(24)20(19)17-10-5-2-6-11-17/h1-13,15H,14H2/q+1. The fourth-order valence-corrected chi connectivity index (χ4v) is 3.48. The zero-order chi connectivity index (χ0) is 15.9. The number of aromatic nitrogens is 3. The molecule has 0 atom stereocenters. The monoisotopic (exact) mass is 310 g/mol. The van der Waals surface area contributed by atoms with Crippen LogP contribution in [-0.2, 0) is 6.54 Å². The molecule has 0 fully saturated rings. The number of nitrogens with zero attached hydrogens (tertiary/aromatic N) is 3. The van der Waals surface area contributed by atoms with Gasteiger partial charge in [-0.25, -0.2) is 4.68 Å². The van der Waals surface area contributed by atoms with E-state index < -0.39 is 0 Å². The fourth-order valence-electron chi connectivity index (χ4n) is 3.48. The van der Waals surface area contributed by atoms with Gasteiger partial charge in [-0.05, 0) is 22.7 Å². The van der Waals surface area contributed by atoms with E-state index in [0.717, 1.165) is 12.4 Å². The molecule has 2 aromatic carbocycles. The molecular weight excluding hydrogens is 294 g/mol. The molecule has 0 spiro atoms. The smallest absolute Gasteiger partial charge is 0.205 e. The van der Waals surface area contributed by atoms with Crippen LogP contribution < -0.4 is 4.68 Å². The van der Waals surface area contributed by atoms with E-state index in [1.165, 1.54) is 27.9 Å². The Morgan fingerprint density at radius 2 is 1.50 bits per heavy atom. The average Bonchev–Trinajstić information content (AvgIpc) is 3.19. The first-order valence-corrected chi connectivity index (χ1v) is 8.12. The Kier molecular flexibility index (Phi) is 2.85. The highest BCUT2D eigenvalue weighted by molar-refractivity contribution is 5.80. The summed E-state index contributed by atoms with van der Waals surface area (Å²) >= 11 is 0. The minimum atomic E-state index is 0.847. The summed E-state index contributed by atoms with van der Waals surface area (Å²) in [4.78, 5) is 4.58. The topological polar surface area (TPSA) is 21.7 Å². The van der Waals surface area contributed by atoms with Crippen LogP contribution in [0.3, 0.4) is 0 Å². The van der Waals surface area contributed by atoms with Crippen LogP contribution in [0.25, 0.3) is 28.2 Å². The lowest BCUT2D eigenvalue weighted by atomic mass is 10.0. The van der Waals surface area contributed by atoms with Gasteiger partial charge in [0.05, 0.1) is 23.4 Å². The normalized spacial score (nSPS) is 12.0. The molecule has 2 aromatic heterocycles. The summed E-state index contributed by atoms with van der Waals surface area (Å²) in [6.45, 7) is 0.847. The van der Waals surface area contributed by atoms with E-state index in [4.69, 9.17) is 0 Å². The predicted molar refractivity (Wildman–Crippen MR) is 93.7 cm³/mol. The van der Waals surface area contributed by atoms with Crippen molar-refractivity contribution in [2.24, 2.45) is 0 Å². The molecule has 4 aromatic rings. The molecule has 3 nitrogen and oxygen atoms in total. The van der Waals surface area contributed by atoms with Gasteiger partial charge in [-0.15, -0.1) is 4.68 Å². The average molecular weight is 310 g/mol. The van der Waals surface area contributed by atoms with E-state index in [1.54, 1.807) is 0 Å². The van der Waals surface area contributed by atoms with Crippen molar-refractivity contribution in [2.45, 2.75) is 6.54 Å². The second-order valence-corrected chi connectivity index (χ2v) is 6.01. The largest absolute Gasteiger partial charge is 0.351 e. The van der Waals surface area contributed by atoms with Crippen LogP contribution in [0.2, 0.25) is 0 Å². The van der Waals surface area contributed by atoms with Gasteiger partial charge in [0.15, 0.2) is 0 Å². The predicted octanol–water partition coefficient (Wildman–Crippen LogP) is 3.86. The van der Waals surface area contributed by atoms with Gasteiger partial charge in [-0.3, -0.25) is 0 Å². The lowest BCUT2D eigenvalue weighted by Gasteiger charge is -2.06.